The van der Waals surface area contributed by atoms with Crippen LogP contribution in [-0.2, 0) is 0 Å². The van der Waals surface area contributed by atoms with Gasteiger partial charge in [0.2, 0.25) is 0 Å². The molecule has 1 aliphatic rings. The third-order valence-corrected chi connectivity index (χ3v) is 2.39. The van der Waals surface area contributed by atoms with Crippen LogP contribution < -0.4 is 5.32 Å². The van der Waals surface area contributed by atoms with E-state index < -0.39 is 0 Å². The van der Waals surface area contributed by atoms with Crippen LogP contribution in [0.15, 0.2) is 11.1 Å². The van der Waals surface area contributed by atoms with E-state index in [1.54, 1.807) is 0 Å². The Labute approximate surface area is 60.9 Å². The van der Waals surface area contributed by atoms with Crippen LogP contribution in [0.5, 0.6) is 0 Å². The van der Waals surface area contributed by atoms with Crippen molar-refractivity contribution in [2.75, 3.05) is 12.3 Å². The highest BCUT2D eigenvalue weighted by molar-refractivity contribution is 8.03. The van der Waals surface area contributed by atoms with E-state index in [1.165, 1.54) is 23.5 Å². The molecular weight excluding hydrogens is 130 g/mol. The lowest BCUT2D eigenvalue weighted by Gasteiger charge is -2.12. The van der Waals surface area contributed by atoms with Crippen molar-refractivity contribution in [1.29, 1.82) is 0 Å². The fourth-order valence-corrected chi connectivity index (χ4v) is 1.86. The average molecular weight is 143 g/mol. The number of thioether (sulfide) groups is 1. The summed E-state index contributed by atoms with van der Waals surface area (Å²) in [6.07, 6.45) is 4.66. The molecule has 0 spiro atoms. The van der Waals surface area contributed by atoms with Gasteiger partial charge < -0.3 is 5.32 Å². The molecule has 0 unspecified atom stereocenters. The molecule has 2 heteroatoms. The predicted molar refractivity (Wildman–Crippen MR) is 43.5 cm³/mol. The van der Waals surface area contributed by atoms with Crippen LogP contribution in [0.1, 0.15) is 19.8 Å². The molecule has 0 aromatic rings. The molecule has 0 aromatic carbocycles. The van der Waals surface area contributed by atoms with E-state index in [-0.39, 0.29) is 0 Å². The number of rotatable bonds is 2. The average Bonchev–Trinajstić information content (AvgIpc) is 1.91. The molecule has 0 saturated carbocycles. The summed E-state index contributed by atoms with van der Waals surface area (Å²) < 4.78 is 0. The van der Waals surface area contributed by atoms with Gasteiger partial charge in [-0.25, -0.2) is 0 Å². The highest BCUT2D eigenvalue weighted by Crippen LogP contribution is 2.21. The molecule has 0 bridgehead atoms. The lowest BCUT2D eigenvalue weighted by molar-refractivity contribution is 0.874. The minimum atomic E-state index is 1.14. The summed E-state index contributed by atoms with van der Waals surface area (Å²) in [6.45, 7) is 3.36. The van der Waals surface area contributed by atoms with Crippen molar-refractivity contribution in [3.8, 4) is 0 Å². The summed E-state index contributed by atoms with van der Waals surface area (Å²) in [7, 11) is 0. The molecule has 1 rings (SSSR count). The number of hydrogen-bond acceptors (Lipinski definition) is 2. The van der Waals surface area contributed by atoms with E-state index in [9.17, 15) is 0 Å². The molecule has 0 aromatic heterocycles. The first-order chi connectivity index (χ1) is 4.43. The standard InChI is InChI=1S/C7H13NS/c1-2-3-7-6-8-4-5-9-7/h6,8H,2-5H2,1H3. The Morgan fingerprint density at radius 3 is 3.22 bits per heavy atom. The van der Waals surface area contributed by atoms with Gasteiger partial charge in [-0.15, -0.1) is 11.8 Å². The van der Waals surface area contributed by atoms with Gasteiger partial charge in [0, 0.05) is 23.4 Å². The summed E-state index contributed by atoms with van der Waals surface area (Å²) in [5.74, 6) is 1.24. The fraction of sp³-hybridized carbons (Fsp3) is 0.714. The van der Waals surface area contributed by atoms with E-state index in [1.807, 2.05) is 11.8 Å². The highest BCUT2D eigenvalue weighted by Gasteiger charge is 2.00. The SMILES string of the molecule is CCCC1=CNCCS1. The van der Waals surface area contributed by atoms with Crippen molar-refractivity contribution < 1.29 is 0 Å². The molecule has 1 nitrogen and oxygen atoms in total. The van der Waals surface area contributed by atoms with Gasteiger partial charge in [0.25, 0.3) is 0 Å². The monoisotopic (exact) mass is 143 g/mol. The smallest absolute Gasteiger partial charge is 0.0236 e. The van der Waals surface area contributed by atoms with Crippen molar-refractivity contribution in [3.63, 3.8) is 0 Å². The van der Waals surface area contributed by atoms with Crippen molar-refractivity contribution >= 4 is 11.8 Å². The Balaban J connectivity index is 2.28. The van der Waals surface area contributed by atoms with E-state index in [0.29, 0.717) is 0 Å². The van der Waals surface area contributed by atoms with E-state index in [0.717, 1.165) is 6.54 Å². The van der Waals surface area contributed by atoms with E-state index >= 15 is 0 Å². The molecule has 52 valence electrons. The number of hydrogen-bond donors (Lipinski definition) is 1. The summed E-state index contributed by atoms with van der Waals surface area (Å²) in [6, 6.07) is 0. The second-order valence-electron chi connectivity index (χ2n) is 2.16. The van der Waals surface area contributed by atoms with Crippen molar-refractivity contribution in [3.05, 3.63) is 11.1 Å². The molecule has 1 heterocycles. The number of allylic oxidation sites excluding steroid dienone is 1. The molecule has 1 N–H and O–H groups in total. The first-order valence-electron chi connectivity index (χ1n) is 3.48. The van der Waals surface area contributed by atoms with Crippen LogP contribution in [0.25, 0.3) is 0 Å². The summed E-state index contributed by atoms with van der Waals surface area (Å²) in [5.41, 5.74) is 0. The molecule has 0 amide bonds. The second kappa shape index (κ2) is 3.83. The Morgan fingerprint density at radius 1 is 1.78 bits per heavy atom. The zero-order valence-corrected chi connectivity index (χ0v) is 6.63. The van der Waals surface area contributed by atoms with Gasteiger partial charge >= 0.3 is 0 Å². The van der Waals surface area contributed by atoms with Gasteiger partial charge in [-0.05, 0) is 6.42 Å². The van der Waals surface area contributed by atoms with Crippen LogP contribution in [-0.4, -0.2) is 12.3 Å². The Morgan fingerprint density at radius 2 is 2.67 bits per heavy atom. The maximum Gasteiger partial charge on any atom is 0.0236 e. The van der Waals surface area contributed by atoms with E-state index in [2.05, 4.69) is 18.4 Å². The molecule has 0 radical (unpaired) electrons. The summed E-state index contributed by atoms with van der Waals surface area (Å²) >= 11 is 1.99. The van der Waals surface area contributed by atoms with Crippen molar-refractivity contribution in [2.45, 2.75) is 19.8 Å². The van der Waals surface area contributed by atoms with Crippen LogP contribution in [0, 0.1) is 0 Å². The summed E-state index contributed by atoms with van der Waals surface area (Å²) in [5, 5.41) is 3.24. The first kappa shape index (κ1) is 7.00. The Kier molecular flexibility index (Phi) is 2.98. The maximum absolute atomic E-state index is 3.24. The second-order valence-corrected chi connectivity index (χ2v) is 3.38. The molecular formula is C7H13NS. The predicted octanol–water partition coefficient (Wildman–Crippen LogP) is 1.96. The van der Waals surface area contributed by atoms with Crippen LogP contribution >= 0.6 is 11.8 Å². The normalized spacial score (nSPS) is 18.6. The van der Waals surface area contributed by atoms with Crippen LogP contribution in [0.3, 0.4) is 0 Å². The third-order valence-electron chi connectivity index (χ3n) is 1.29. The molecule has 0 saturated heterocycles. The molecule has 0 fully saturated rings. The first-order valence-corrected chi connectivity index (χ1v) is 4.47. The van der Waals surface area contributed by atoms with Gasteiger partial charge in [-0.2, -0.15) is 0 Å². The summed E-state index contributed by atoms with van der Waals surface area (Å²) in [4.78, 5) is 1.52. The van der Waals surface area contributed by atoms with E-state index in [4.69, 9.17) is 0 Å². The fourth-order valence-electron chi connectivity index (χ4n) is 0.859. The maximum atomic E-state index is 3.24. The lowest BCUT2D eigenvalue weighted by Crippen LogP contribution is -2.14. The topological polar surface area (TPSA) is 12.0 Å². The molecule has 0 aliphatic carbocycles. The van der Waals surface area contributed by atoms with Gasteiger partial charge in [0.15, 0.2) is 0 Å². The zero-order valence-electron chi connectivity index (χ0n) is 5.81. The third kappa shape index (κ3) is 2.31. The Hall–Kier alpha value is -0.110. The van der Waals surface area contributed by atoms with Crippen molar-refractivity contribution in [1.82, 2.24) is 5.32 Å². The zero-order chi connectivity index (χ0) is 6.53. The van der Waals surface area contributed by atoms with Crippen LogP contribution in [0.4, 0.5) is 0 Å². The minimum absolute atomic E-state index is 1.14. The van der Waals surface area contributed by atoms with Gasteiger partial charge in [-0.3, -0.25) is 0 Å². The highest BCUT2D eigenvalue weighted by atomic mass is 32.2. The van der Waals surface area contributed by atoms with Gasteiger partial charge in [0.1, 0.15) is 0 Å². The van der Waals surface area contributed by atoms with Gasteiger partial charge in [-0.1, -0.05) is 13.3 Å². The van der Waals surface area contributed by atoms with Gasteiger partial charge in [0.05, 0.1) is 0 Å². The number of nitrogens with one attached hydrogen (secondary N) is 1. The molecule has 1 aliphatic heterocycles. The largest absolute Gasteiger partial charge is 0.389 e. The molecule has 9 heavy (non-hydrogen) atoms. The minimum Gasteiger partial charge on any atom is -0.389 e. The van der Waals surface area contributed by atoms with Crippen LogP contribution in [0.2, 0.25) is 0 Å². The Bertz CT molecular complexity index is 109. The molecule has 0 atom stereocenters. The van der Waals surface area contributed by atoms with Crippen molar-refractivity contribution in [2.24, 2.45) is 0 Å². The lowest BCUT2D eigenvalue weighted by atomic mass is 10.3. The quantitative estimate of drug-likeness (QED) is 0.634.